The van der Waals surface area contributed by atoms with E-state index >= 15 is 0 Å². The smallest absolute Gasteiger partial charge is 0.475 e. The van der Waals surface area contributed by atoms with Gasteiger partial charge >= 0.3 is 18.1 Å². The normalized spacial score (nSPS) is 9.25. The minimum Gasteiger partial charge on any atom is -0.475 e. The number of alkyl halides is 3. The average Bonchev–Trinajstić information content (AvgIpc) is 2.41. The van der Waals surface area contributed by atoms with E-state index in [4.69, 9.17) is 9.90 Å². The molecule has 0 saturated heterocycles. The maximum atomic E-state index is 10.6. The van der Waals surface area contributed by atoms with Gasteiger partial charge in [0.05, 0.1) is 6.61 Å². The molecule has 0 aromatic carbocycles. The number of esters is 1. The molecule has 0 amide bonds. The van der Waals surface area contributed by atoms with E-state index in [0.29, 0.717) is 13.0 Å². The summed E-state index contributed by atoms with van der Waals surface area (Å²) in [5.41, 5.74) is 0. The number of aliphatic carboxylic acids is 1. The van der Waals surface area contributed by atoms with Crippen molar-refractivity contribution in [1.82, 2.24) is 4.98 Å². The topological polar surface area (TPSA) is 76.5 Å². The predicted molar refractivity (Wildman–Crippen MR) is 64.9 cm³/mol. The van der Waals surface area contributed by atoms with Crippen LogP contribution in [0.3, 0.4) is 0 Å². The molecule has 0 fully saturated rings. The van der Waals surface area contributed by atoms with Crippen molar-refractivity contribution in [2.75, 3.05) is 6.61 Å². The lowest BCUT2D eigenvalue weighted by Gasteiger charge is -1.93. The van der Waals surface area contributed by atoms with E-state index in [1.807, 2.05) is 18.2 Å². The summed E-state index contributed by atoms with van der Waals surface area (Å²) in [5, 5.41) is 7.12. The highest BCUT2D eigenvalue weighted by molar-refractivity contribution is 5.73. The first-order chi connectivity index (χ1) is 9.25. The van der Waals surface area contributed by atoms with Gasteiger partial charge in [-0.05, 0) is 19.1 Å². The van der Waals surface area contributed by atoms with Crippen LogP contribution in [-0.4, -0.2) is 34.8 Å². The molecule has 0 unspecified atom stereocenters. The van der Waals surface area contributed by atoms with Crippen LogP contribution in [0.1, 0.15) is 20.3 Å². The first-order valence-electron chi connectivity index (χ1n) is 5.56. The van der Waals surface area contributed by atoms with Gasteiger partial charge in [-0.25, -0.2) is 4.79 Å². The standard InChI is InChI=1S/C5H5N.C5H10O2.C2HF3O2/c1-2-4-6-5-3-1;1-3-5(6)7-4-2;3-2(4,5)1(6)7/h1-5H;3-4H2,1-2H3;(H,6,7). The van der Waals surface area contributed by atoms with E-state index in [0.717, 1.165) is 0 Å². The number of pyridine rings is 1. The molecule has 0 aliphatic carbocycles. The van der Waals surface area contributed by atoms with Gasteiger partial charge in [-0.15, -0.1) is 0 Å². The summed E-state index contributed by atoms with van der Waals surface area (Å²) in [5.74, 6) is -2.88. The number of nitrogens with zero attached hydrogens (tertiary/aromatic N) is 1. The second-order valence-corrected chi connectivity index (χ2v) is 2.99. The minimum absolute atomic E-state index is 0.123. The quantitative estimate of drug-likeness (QED) is 0.849. The molecule has 0 spiro atoms. The van der Waals surface area contributed by atoms with Gasteiger partial charge in [0.15, 0.2) is 0 Å². The third kappa shape index (κ3) is 15.9. The number of carboxylic acids is 1. The van der Waals surface area contributed by atoms with Crippen LogP contribution >= 0.6 is 0 Å². The molecule has 0 radical (unpaired) electrons. The third-order valence-corrected chi connectivity index (χ3v) is 1.40. The van der Waals surface area contributed by atoms with E-state index in [9.17, 15) is 18.0 Å². The maximum Gasteiger partial charge on any atom is 0.490 e. The van der Waals surface area contributed by atoms with E-state index in [1.165, 1.54) is 0 Å². The highest BCUT2D eigenvalue weighted by atomic mass is 19.4. The van der Waals surface area contributed by atoms with Crippen LogP contribution in [0.25, 0.3) is 0 Å². The Morgan fingerprint density at radius 1 is 1.15 bits per heavy atom. The fraction of sp³-hybridized carbons (Fsp3) is 0.417. The molecule has 8 heteroatoms. The molecule has 1 aromatic heterocycles. The summed E-state index contributed by atoms with van der Waals surface area (Å²) in [6, 6.07) is 5.72. The molecule has 1 rings (SSSR count). The second kappa shape index (κ2) is 11.9. The van der Waals surface area contributed by atoms with Crippen molar-refractivity contribution in [3.8, 4) is 0 Å². The van der Waals surface area contributed by atoms with E-state index < -0.39 is 12.1 Å². The first kappa shape index (κ1) is 20.2. The number of carbonyl (C=O) groups is 2. The molecule has 1 heterocycles. The summed E-state index contributed by atoms with van der Waals surface area (Å²) in [6.45, 7) is 4.07. The lowest BCUT2D eigenvalue weighted by atomic mass is 10.5. The summed E-state index contributed by atoms with van der Waals surface area (Å²) >= 11 is 0. The Kier molecular flexibility index (Phi) is 12.1. The molecule has 1 aromatic rings. The Labute approximate surface area is 114 Å². The Hall–Kier alpha value is -2.12. The van der Waals surface area contributed by atoms with Gasteiger partial charge in [-0.2, -0.15) is 13.2 Å². The molecule has 1 N–H and O–H groups in total. The molecule has 5 nitrogen and oxygen atoms in total. The maximum absolute atomic E-state index is 10.6. The van der Waals surface area contributed by atoms with Crippen LogP contribution in [0.4, 0.5) is 13.2 Å². The Bertz CT molecular complexity index is 342. The summed E-state index contributed by atoms with van der Waals surface area (Å²) in [4.78, 5) is 22.9. The molecule has 0 aliphatic heterocycles. The summed E-state index contributed by atoms with van der Waals surface area (Å²) in [6.07, 6.45) is -1.10. The molecule has 0 saturated carbocycles. The Morgan fingerprint density at radius 3 is 1.70 bits per heavy atom. The van der Waals surface area contributed by atoms with Crippen LogP contribution in [0.5, 0.6) is 0 Å². The van der Waals surface area contributed by atoms with Crippen molar-refractivity contribution in [1.29, 1.82) is 0 Å². The van der Waals surface area contributed by atoms with Gasteiger partial charge in [0, 0.05) is 18.8 Å². The van der Waals surface area contributed by atoms with Gasteiger partial charge in [-0.1, -0.05) is 13.0 Å². The van der Waals surface area contributed by atoms with Gasteiger partial charge in [0.25, 0.3) is 0 Å². The van der Waals surface area contributed by atoms with Crippen LogP contribution < -0.4 is 0 Å². The zero-order valence-electron chi connectivity index (χ0n) is 11.1. The third-order valence-electron chi connectivity index (χ3n) is 1.40. The van der Waals surface area contributed by atoms with Gasteiger partial charge in [-0.3, -0.25) is 9.78 Å². The van der Waals surface area contributed by atoms with Crippen molar-refractivity contribution in [2.24, 2.45) is 0 Å². The summed E-state index contributed by atoms with van der Waals surface area (Å²) < 4.78 is 36.3. The SMILES string of the molecule is CCOC(=O)CC.O=C(O)C(F)(F)F.c1ccncc1. The van der Waals surface area contributed by atoms with Crippen molar-refractivity contribution >= 4 is 11.9 Å². The van der Waals surface area contributed by atoms with Gasteiger partial charge in [0.2, 0.25) is 0 Å². The highest BCUT2D eigenvalue weighted by Crippen LogP contribution is 2.13. The summed E-state index contributed by atoms with van der Waals surface area (Å²) in [7, 11) is 0. The van der Waals surface area contributed by atoms with Crippen LogP contribution in [0.15, 0.2) is 30.6 Å². The number of rotatable bonds is 2. The number of halogens is 3. The molecular weight excluding hydrogens is 279 g/mol. The average molecular weight is 295 g/mol. The largest absolute Gasteiger partial charge is 0.490 e. The van der Waals surface area contributed by atoms with Crippen molar-refractivity contribution in [2.45, 2.75) is 26.4 Å². The van der Waals surface area contributed by atoms with Crippen molar-refractivity contribution < 1.29 is 32.6 Å². The number of aromatic nitrogens is 1. The fourth-order valence-corrected chi connectivity index (χ4v) is 0.576. The highest BCUT2D eigenvalue weighted by Gasteiger charge is 2.38. The monoisotopic (exact) mass is 295 g/mol. The number of ether oxygens (including phenoxy) is 1. The lowest BCUT2D eigenvalue weighted by molar-refractivity contribution is -0.192. The van der Waals surface area contributed by atoms with Crippen LogP contribution in [-0.2, 0) is 14.3 Å². The number of hydrogen-bond acceptors (Lipinski definition) is 4. The van der Waals surface area contributed by atoms with Gasteiger partial charge < -0.3 is 9.84 Å². The number of carboxylic acid groups (broad SMARTS) is 1. The number of hydrogen-bond donors (Lipinski definition) is 1. The molecule has 114 valence electrons. The van der Waals surface area contributed by atoms with E-state index in [1.54, 1.807) is 26.2 Å². The van der Waals surface area contributed by atoms with Crippen LogP contribution in [0.2, 0.25) is 0 Å². The fourth-order valence-electron chi connectivity index (χ4n) is 0.576. The van der Waals surface area contributed by atoms with Gasteiger partial charge in [0.1, 0.15) is 0 Å². The Morgan fingerprint density at radius 2 is 1.60 bits per heavy atom. The zero-order chi connectivity index (χ0) is 16.0. The van der Waals surface area contributed by atoms with Crippen molar-refractivity contribution in [3.63, 3.8) is 0 Å². The molecule has 0 atom stereocenters. The molecular formula is C12H16F3NO4. The van der Waals surface area contributed by atoms with E-state index in [2.05, 4.69) is 9.72 Å². The van der Waals surface area contributed by atoms with Crippen LogP contribution in [0, 0.1) is 0 Å². The molecule has 0 bridgehead atoms. The van der Waals surface area contributed by atoms with Crippen molar-refractivity contribution in [3.05, 3.63) is 30.6 Å². The van der Waals surface area contributed by atoms with E-state index in [-0.39, 0.29) is 5.97 Å². The predicted octanol–water partition coefficient (Wildman–Crippen LogP) is 2.67. The first-order valence-corrected chi connectivity index (χ1v) is 5.56. The number of carbonyl (C=O) groups excluding carboxylic acids is 1. The zero-order valence-corrected chi connectivity index (χ0v) is 11.1. The molecule has 0 aliphatic rings. The Balaban J connectivity index is 0. The minimum atomic E-state index is -5.08. The molecule has 20 heavy (non-hydrogen) atoms. The second-order valence-electron chi connectivity index (χ2n) is 2.99. The lowest BCUT2D eigenvalue weighted by Crippen LogP contribution is -2.21.